The Kier molecular flexibility index (Phi) is 6.99. The summed E-state index contributed by atoms with van der Waals surface area (Å²) in [5, 5.41) is 7.17. The minimum Gasteiger partial charge on any atom is -0.452 e. The lowest BCUT2D eigenvalue weighted by Crippen LogP contribution is -2.49. The smallest absolute Gasteiger partial charge is 0.338 e. The molecule has 0 spiro atoms. The molecule has 3 rings (SSSR count). The average molecular weight is 480 g/mol. The molecule has 35 heavy (non-hydrogen) atoms. The highest BCUT2D eigenvalue weighted by molar-refractivity contribution is 6.34. The minimum absolute atomic E-state index is 0.00407. The number of imide groups is 2. The molecule has 1 aliphatic heterocycles. The molecule has 1 heterocycles. The maximum Gasteiger partial charge on any atom is 0.338 e. The predicted molar refractivity (Wildman–Crippen MR) is 125 cm³/mol. The summed E-state index contributed by atoms with van der Waals surface area (Å²) < 4.78 is 4.92. The van der Waals surface area contributed by atoms with Crippen LogP contribution in [-0.4, -0.2) is 47.8 Å². The van der Waals surface area contributed by atoms with Crippen LogP contribution in [0.5, 0.6) is 0 Å². The van der Waals surface area contributed by atoms with Crippen molar-refractivity contribution >= 4 is 47.0 Å². The Morgan fingerprint density at radius 2 is 1.54 bits per heavy atom. The summed E-state index contributed by atoms with van der Waals surface area (Å²) in [5.41, 5.74) is 0.303. The van der Waals surface area contributed by atoms with Gasteiger partial charge in [0, 0.05) is 18.2 Å². The Morgan fingerprint density at radius 1 is 0.914 bits per heavy atom. The number of amides is 6. The first-order valence-electron chi connectivity index (χ1n) is 10.6. The van der Waals surface area contributed by atoms with E-state index in [1.165, 1.54) is 37.3 Å². The van der Waals surface area contributed by atoms with Gasteiger partial charge in [-0.05, 0) is 63.2 Å². The highest BCUT2D eigenvalue weighted by Crippen LogP contribution is 2.30. The minimum atomic E-state index is -0.905. The number of esters is 1. The zero-order chi connectivity index (χ0) is 25.9. The Hall–Kier alpha value is -4.54. The fourth-order valence-corrected chi connectivity index (χ4v) is 3.25. The lowest BCUT2D eigenvalue weighted by Gasteiger charge is -2.20. The van der Waals surface area contributed by atoms with Crippen LogP contribution >= 0.6 is 0 Å². The number of anilines is 2. The third-order valence-corrected chi connectivity index (χ3v) is 4.64. The summed E-state index contributed by atoms with van der Waals surface area (Å²) in [7, 11) is 0. The van der Waals surface area contributed by atoms with Gasteiger partial charge in [-0.3, -0.25) is 24.5 Å². The molecule has 0 bridgehead atoms. The highest BCUT2D eigenvalue weighted by atomic mass is 16.5. The predicted octanol–water partition coefficient (Wildman–Crippen LogP) is 2.23. The monoisotopic (exact) mass is 480 g/mol. The second kappa shape index (κ2) is 9.75. The molecule has 0 aliphatic carbocycles. The number of benzene rings is 2. The van der Waals surface area contributed by atoms with Gasteiger partial charge in [-0.15, -0.1) is 0 Å². The molecule has 6 amide bonds. The number of nitrogens with one attached hydrogen (secondary N) is 3. The molecule has 3 N–H and O–H groups in total. The largest absolute Gasteiger partial charge is 0.452 e. The van der Waals surface area contributed by atoms with Crippen LogP contribution < -0.4 is 20.9 Å². The molecule has 0 fully saturated rings. The van der Waals surface area contributed by atoms with Gasteiger partial charge in [-0.25, -0.2) is 14.5 Å². The van der Waals surface area contributed by atoms with Crippen molar-refractivity contribution in [3.63, 3.8) is 0 Å². The van der Waals surface area contributed by atoms with Crippen LogP contribution in [0, 0.1) is 0 Å². The molecule has 182 valence electrons. The van der Waals surface area contributed by atoms with Crippen molar-refractivity contribution in [1.82, 2.24) is 10.6 Å². The van der Waals surface area contributed by atoms with Crippen molar-refractivity contribution in [2.45, 2.75) is 33.2 Å². The van der Waals surface area contributed by atoms with E-state index < -0.39 is 41.9 Å². The molecule has 11 heteroatoms. The topological polar surface area (TPSA) is 151 Å². The summed E-state index contributed by atoms with van der Waals surface area (Å²) in [6, 6.07) is 9.24. The van der Waals surface area contributed by atoms with E-state index in [1.807, 2.05) is 5.32 Å². The van der Waals surface area contributed by atoms with Crippen LogP contribution in [-0.2, 0) is 14.3 Å². The maximum atomic E-state index is 12.9. The van der Waals surface area contributed by atoms with Crippen molar-refractivity contribution in [1.29, 1.82) is 0 Å². The number of hydrogen-bond donors (Lipinski definition) is 3. The summed E-state index contributed by atoms with van der Waals surface area (Å²) in [6.45, 7) is 5.85. The molecule has 0 atom stereocenters. The van der Waals surface area contributed by atoms with Crippen molar-refractivity contribution in [3.05, 3.63) is 59.2 Å². The van der Waals surface area contributed by atoms with Gasteiger partial charge in [0.05, 0.1) is 22.4 Å². The van der Waals surface area contributed by atoms with E-state index in [2.05, 4.69) is 10.6 Å². The van der Waals surface area contributed by atoms with E-state index >= 15 is 0 Å². The second-order valence-electron chi connectivity index (χ2n) is 8.76. The summed E-state index contributed by atoms with van der Waals surface area (Å²) in [5.74, 6) is -3.20. The van der Waals surface area contributed by atoms with E-state index in [0.29, 0.717) is 11.4 Å². The van der Waals surface area contributed by atoms with Crippen LogP contribution in [0.15, 0.2) is 42.5 Å². The first kappa shape index (κ1) is 25.1. The molecule has 2 aromatic rings. The molecule has 0 unspecified atom stereocenters. The van der Waals surface area contributed by atoms with Crippen molar-refractivity contribution in [3.8, 4) is 0 Å². The molecule has 0 aromatic heterocycles. The molecular weight excluding hydrogens is 456 g/mol. The number of hydrogen-bond acceptors (Lipinski definition) is 7. The second-order valence-corrected chi connectivity index (χ2v) is 8.76. The molecule has 0 saturated carbocycles. The van der Waals surface area contributed by atoms with Gasteiger partial charge in [-0.1, -0.05) is 0 Å². The van der Waals surface area contributed by atoms with Crippen molar-refractivity contribution in [2.24, 2.45) is 0 Å². The van der Waals surface area contributed by atoms with Crippen molar-refractivity contribution < 1.29 is 33.5 Å². The number of carbonyl (C=O) groups is 6. The van der Waals surface area contributed by atoms with E-state index in [0.717, 1.165) is 4.90 Å². The number of ether oxygens (including phenoxy) is 1. The van der Waals surface area contributed by atoms with Gasteiger partial charge < -0.3 is 15.4 Å². The van der Waals surface area contributed by atoms with Gasteiger partial charge in [0.15, 0.2) is 6.61 Å². The van der Waals surface area contributed by atoms with E-state index in [-0.39, 0.29) is 22.6 Å². The van der Waals surface area contributed by atoms with Crippen LogP contribution in [0.2, 0.25) is 0 Å². The Balaban J connectivity index is 1.67. The number of urea groups is 1. The fraction of sp³-hybridized carbons (Fsp3) is 0.250. The van der Waals surface area contributed by atoms with E-state index in [1.54, 1.807) is 32.9 Å². The third-order valence-electron chi connectivity index (χ3n) is 4.64. The summed E-state index contributed by atoms with van der Waals surface area (Å²) in [6.07, 6.45) is 0. The SMILES string of the molecule is CC(=O)Nc1ccc(N2C(=O)c3ccc(C(=O)OCC(=O)NC(=O)NC(C)(C)C)cc3C2=O)cc1. The number of rotatable bonds is 5. The third kappa shape index (κ3) is 6.08. The van der Waals surface area contributed by atoms with Crippen LogP contribution in [0.3, 0.4) is 0 Å². The maximum absolute atomic E-state index is 12.9. The standard InChI is InChI=1S/C24H24N4O7/c1-13(29)25-15-6-8-16(9-7-15)28-20(31)17-10-5-14(11-18(17)21(28)32)22(33)35-12-19(30)26-23(34)27-24(2,3)4/h5-11H,12H2,1-4H3,(H,25,29)(H2,26,27,30,34). The lowest BCUT2D eigenvalue weighted by molar-refractivity contribution is -0.123. The number of nitrogens with zero attached hydrogens (tertiary/aromatic N) is 1. The average Bonchev–Trinajstić information content (AvgIpc) is 3.00. The molecule has 0 radical (unpaired) electrons. The molecular formula is C24H24N4O7. The van der Waals surface area contributed by atoms with Crippen molar-refractivity contribution in [2.75, 3.05) is 16.8 Å². The number of fused-ring (bicyclic) bond motifs is 1. The van der Waals surface area contributed by atoms with Crippen LogP contribution in [0.1, 0.15) is 58.8 Å². The van der Waals surface area contributed by atoms with Crippen LogP contribution in [0.4, 0.5) is 16.2 Å². The Morgan fingerprint density at radius 3 is 2.14 bits per heavy atom. The zero-order valence-electron chi connectivity index (χ0n) is 19.6. The van der Waals surface area contributed by atoms with Gasteiger partial charge in [-0.2, -0.15) is 0 Å². The Labute approximate surface area is 200 Å². The number of carbonyl (C=O) groups excluding carboxylic acids is 6. The Bertz CT molecular complexity index is 1230. The summed E-state index contributed by atoms with van der Waals surface area (Å²) >= 11 is 0. The first-order valence-corrected chi connectivity index (χ1v) is 10.6. The normalized spacial score (nSPS) is 12.6. The summed E-state index contributed by atoms with van der Waals surface area (Å²) in [4.78, 5) is 73.8. The molecule has 2 aromatic carbocycles. The molecule has 1 aliphatic rings. The van der Waals surface area contributed by atoms with Gasteiger partial charge >= 0.3 is 12.0 Å². The van der Waals surface area contributed by atoms with E-state index in [4.69, 9.17) is 4.74 Å². The fourth-order valence-electron chi connectivity index (χ4n) is 3.25. The van der Waals surface area contributed by atoms with Crippen LogP contribution in [0.25, 0.3) is 0 Å². The lowest BCUT2D eigenvalue weighted by atomic mass is 10.1. The zero-order valence-corrected chi connectivity index (χ0v) is 19.6. The quantitative estimate of drug-likeness (QED) is 0.438. The first-order chi connectivity index (χ1) is 16.4. The van der Waals surface area contributed by atoms with Gasteiger partial charge in [0.1, 0.15) is 0 Å². The van der Waals surface area contributed by atoms with E-state index in [9.17, 15) is 28.8 Å². The van der Waals surface area contributed by atoms with Gasteiger partial charge in [0.25, 0.3) is 17.7 Å². The molecule has 11 nitrogen and oxygen atoms in total. The highest BCUT2D eigenvalue weighted by Gasteiger charge is 2.37. The molecule has 0 saturated heterocycles. The van der Waals surface area contributed by atoms with Gasteiger partial charge in [0.2, 0.25) is 5.91 Å².